The van der Waals surface area contributed by atoms with Gasteiger partial charge in [-0.1, -0.05) is 7.77 Å². The van der Waals surface area contributed by atoms with Crippen LogP contribution in [0.25, 0.3) is 0 Å². The summed E-state index contributed by atoms with van der Waals surface area (Å²) >= 11 is 0. The standard InChI is InChI=1S/C5H6F4N2O6S2/c1-10(18(8,14)15)3(12)5(6,7)4(13)11(2)19(9,16)17/h1-2H3. The van der Waals surface area contributed by atoms with Crippen LogP contribution in [0, 0.1) is 0 Å². The lowest BCUT2D eigenvalue weighted by atomic mass is 10.3. The molecule has 0 atom stereocenters. The van der Waals surface area contributed by atoms with E-state index >= 15 is 0 Å². The minimum absolute atomic E-state index is 0.0583. The van der Waals surface area contributed by atoms with E-state index in [0.29, 0.717) is 0 Å². The summed E-state index contributed by atoms with van der Waals surface area (Å²) in [6.45, 7) is 0. The number of rotatable bonds is 4. The number of carbonyl (C=O) groups is 2. The summed E-state index contributed by atoms with van der Waals surface area (Å²) in [6, 6.07) is 0. The van der Waals surface area contributed by atoms with E-state index in [2.05, 4.69) is 0 Å². The van der Waals surface area contributed by atoms with Gasteiger partial charge in [-0.2, -0.15) is 25.6 Å². The zero-order chi connectivity index (χ0) is 15.8. The van der Waals surface area contributed by atoms with Crippen molar-refractivity contribution in [1.29, 1.82) is 0 Å². The Morgan fingerprint density at radius 3 is 1.21 bits per heavy atom. The molecule has 0 aliphatic heterocycles. The van der Waals surface area contributed by atoms with Crippen LogP contribution in [0.15, 0.2) is 0 Å². The molecule has 0 aliphatic rings. The van der Waals surface area contributed by atoms with Gasteiger partial charge in [-0.25, -0.2) is 8.61 Å². The quantitative estimate of drug-likeness (QED) is 0.370. The van der Waals surface area contributed by atoms with Crippen LogP contribution in [0.4, 0.5) is 16.6 Å². The van der Waals surface area contributed by atoms with Crippen LogP contribution < -0.4 is 0 Å². The molecule has 0 unspecified atom stereocenters. The van der Waals surface area contributed by atoms with Crippen LogP contribution in [0.3, 0.4) is 0 Å². The molecule has 0 saturated carbocycles. The van der Waals surface area contributed by atoms with Gasteiger partial charge in [0.05, 0.1) is 0 Å². The van der Waals surface area contributed by atoms with E-state index in [-0.39, 0.29) is 14.1 Å². The van der Waals surface area contributed by atoms with Gasteiger partial charge in [-0.05, 0) is 0 Å². The maximum atomic E-state index is 13.1. The first-order chi connectivity index (χ1) is 8.13. The molecule has 0 aliphatic carbocycles. The van der Waals surface area contributed by atoms with Crippen LogP contribution in [0.5, 0.6) is 0 Å². The third-order valence-corrected chi connectivity index (χ3v) is 3.40. The molecule has 0 radical (unpaired) electrons. The number of hydrogen-bond donors (Lipinski definition) is 0. The fraction of sp³-hybridized carbons (Fsp3) is 0.600. The van der Waals surface area contributed by atoms with Crippen molar-refractivity contribution in [3.8, 4) is 0 Å². The van der Waals surface area contributed by atoms with E-state index < -0.39 is 47.2 Å². The highest BCUT2D eigenvalue weighted by Crippen LogP contribution is 2.22. The average Bonchev–Trinajstić information content (AvgIpc) is 2.22. The van der Waals surface area contributed by atoms with Crippen molar-refractivity contribution < 1.29 is 43.0 Å². The van der Waals surface area contributed by atoms with Gasteiger partial charge in [0, 0.05) is 14.1 Å². The van der Waals surface area contributed by atoms with Gasteiger partial charge in [-0.15, -0.1) is 0 Å². The fourth-order valence-electron chi connectivity index (χ4n) is 0.685. The third kappa shape index (κ3) is 3.76. The second kappa shape index (κ2) is 4.92. The van der Waals surface area contributed by atoms with Crippen molar-refractivity contribution in [3.05, 3.63) is 0 Å². The molecule has 0 saturated heterocycles. The summed E-state index contributed by atoms with van der Waals surface area (Å²) in [4.78, 5) is 21.8. The first-order valence-corrected chi connectivity index (χ1v) is 6.65. The lowest BCUT2D eigenvalue weighted by molar-refractivity contribution is -0.166. The zero-order valence-electron chi connectivity index (χ0n) is 9.17. The van der Waals surface area contributed by atoms with Gasteiger partial charge < -0.3 is 0 Å². The number of carbonyl (C=O) groups excluding carboxylic acids is 2. The zero-order valence-corrected chi connectivity index (χ0v) is 10.8. The van der Waals surface area contributed by atoms with Crippen LogP contribution in [-0.4, -0.2) is 57.3 Å². The summed E-state index contributed by atoms with van der Waals surface area (Å²) in [5, 5.41) is 0. The first kappa shape index (κ1) is 17.6. The van der Waals surface area contributed by atoms with Crippen molar-refractivity contribution in [2.24, 2.45) is 0 Å². The molecule has 0 fully saturated rings. The molecule has 19 heavy (non-hydrogen) atoms. The summed E-state index contributed by atoms with van der Waals surface area (Å²) in [6.07, 6.45) is 0. The summed E-state index contributed by atoms with van der Waals surface area (Å²) < 4.78 is 89.4. The maximum absolute atomic E-state index is 13.1. The van der Waals surface area contributed by atoms with E-state index in [9.17, 15) is 43.0 Å². The van der Waals surface area contributed by atoms with Gasteiger partial charge in [-0.3, -0.25) is 9.59 Å². The SMILES string of the molecule is CN(C(=O)C(F)(F)C(=O)N(C)S(=O)(=O)F)S(=O)(=O)F. The van der Waals surface area contributed by atoms with E-state index in [0.717, 1.165) is 0 Å². The van der Waals surface area contributed by atoms with Crippen molar-refractivity contribution >= 4 is 32.6 Å². The highest BCUT2D eigenvalue weighted by atomic mass is 32.3. The molecule has 0 aromatic heterocycles. The number of alkyl halides is 2. The Kier molecular flexibility index (Phi) is 4.54. The molecule has 0 bridgehead atoms. The lowest BCUT2D eigenvalue weighted by Crippen LogP contribution is -2.53. The summed E-state index contributed by atoms with van der Waals surface area (Å²) in [5.74, 6) is -11.0. The minimum atomic E-state index is -5.89. The molecule has 0 rings (SSSR count). The molecule has 8 nitrogen and oxygen atoms in total. The van der Waals surface area contributed by atoms with E-state index in [1.165, 1.54) is 0 Å². The van der Waals surface area contributed by atoms with E-state index in [1.54, 1.807) is 0 Å². The molecule has 0 heterocycles. The van der Waals surface area contributed by atoms with Gasteiger partial charge in [0.25, 0.3) is 0 Å². The fourth-order valence-corrected chi connectivity index (χ4v) is 1.31. The molecule has 0 aromatic carbocycles. The van der Waals surface area contributed by atoms with Crippen LogP contribution in [0.2, 0.25) is 0 Å². The Morgan fingerprint density at radius 1 is 0.842 bits per heavy atom. The molecule has 0 aromatic rings. The lowest BCUT2D eigenvalue weighted by Gasteiger charge is -2.21. The van der Waals surface area contributed by atoms with Crippen molar-refractivity contribution in [2.45, 2.75) is 5.92 Å². The molecular weight excluding hydrogens is 324 g/mol. The van der Waals surface area contributed by atoms with Crippen LogP contribution >= 0.6 is 0 Å². The molecule has 0 spiro atoms. The molecule has 14 heteroatoms. The topological polar surface area (TPSA) is 109 Å². The smallest absolute Gasteiger partial charge is 0.266 e. The van der Waals surface area contributed by atoms with Gasteiger partial charge in [0.2, 0.25) is 0 Å². The summed E-state index contributed by atoms with van der Waals surface area (Å²) in [5.41, 5.74) is 0. The predicted molar refractivity (Wildman–Crippen MR) is 50.5 cm³/mol. The number of nitrogens with zero attached hydrogens (tertiary/aromatic N) is 2. The van der Waals surface area contributed by atoms with Crippen LogP contribution in [0.1, 0.15) is 0 Å². The number of hydrogen-bond acceptors (Lipinski definition) is 6. The largest absolute Gasteiger partial charge is 0.403 e. The number of halogens is 4. The first-order valence-electron chi connectivity index (χ1n) is 3.97. The second-order valence-corrected chi connectivity index (χ2v) is 5.75. The van der Waals surface area contributed by atoms with E-state index in [1.807, 2.05) is 0 Å². The Morgan fingerprint density at radius 2 is 1.05 bits per heavy atom. The van der Waals surface area contributed by atoms with E-state index in [4.69, 9.17) is 0 Å². The van der Waals surface area contributed by atoms with Gasteiger partial charge in [0.15, 0.2) is 0 Å². The van der Waals surface area contributed by atoms with Crippen molar-refractivity contribution in [3.63, 3.8) is 0 Å². The van der Waals surface area contributed by atoms with Gasteiger partial charge in [0.1, 0.15) is 0 Å². The monoisotopic (exact) mass is 330 g/mol. The predicted octanol–water partition coefficient (Wildman–Crippen LogP) is -1.03. The molecule has 0 N–H and O–H groups in total. The Labute approximate surface area is 105 Å². The van der Waals surface area contributed by atoms with Gasteiger partial charge >= 0.3 is 38.6 Å². The third-order valence-electron chi connectivity index (χ3n) is 1.76. The Balaban J connectivity index is 5.53. The number of amides is 2. The maximum Gasteiger partial charge on any atom is 0.403 e. The average molecular weight is 330 g/mol. The molecular formula is C5H6F4N2O6S2. The highest BCUT2D eigenvalue weighted by Gasteiger charge is 2.55. The van der Waals surface area contributed by atoms with Crippen molar-refractivity contribution in [2.75, 3.05) is 14.1 Å². The summed E-state index contributed by atoms with van der Waals surface area (Å²) in [7, 11) is -11.7. The normalized spacial score (nSPS) is 12.9. The molecule has 2 amide bonds. The van der Waals surface area contributed by atoms with Crippen LogP contribution in [-0.2, 0) is 30.4 Å². The molecule has 112 valence electrons. The van der Waals surface area contributed by atoms with Crippen molar-refractivity contribution in [1.82, 2.24) is 8.61 Å². The second-order valence-electron chi connectivity index (χ2n) is 3.00. The minimum Gasteiger partial charge on any atom is -0.266 e. The highest BCUT2D eigenvalue weighted by molar-refractivity contribution is 7.84. The Bertz CT molecular complexity index is 547. The Hall–Kier alpha value is -1.44.